The van der Waals surface area contributed by atoms with E-state index in [0.717, 1.165) is 51.4 Å². The van der Waals surface area contributed by atoms with Gasteiger partial charge < -0.3 is 10.9 Å². The molecular formula is C43H85NaO4. The van der Waals surface area contributed by atoms with Crippen molar-refractivity contribution in [1.82, 2.24) is 0 Å². The Balaban J connectivity index is -0.0000106. The second kappa shape index (κ2) is 35.3. The van der Waals surface area contributed by atoms with E-state index < -0.39 is 23.1 Å². The summed E-state index contributed by atoms with van der Waals surface area (Å²) in [6, 6.07) is 0. The number of hydrogen-bond donors (Lipinski definition) is 0. The fraction of sp³-hybridized carbons (Fsp3) is 0.953. The van der Waals surface area contributed by atoms with Crippen molar-refractivity contribution in [2.45, 2.75) is 265 Å². The van der Waals surface area contributed by atoms with Crippen LogP contribution in [0.15, 0.2) is 0 Å². The Morgan fingerprint density at radius 1 is 0.375 bits per heavy atom. The summed E-state index contributed by atoms with van der Waals surface area (Å²) in [7, 11) is 0. The fourth-order valence-electron chi connectivity index (χ4n) is 7.02. The zero-order chi connectivity index (χ0) is 34.9. The first kappa shape index (κ1) is 50.0. The van der Waals surface area contributed by atoms with Crippen LogP contribution in [0.25, 0.3) is 0 Å². The van der Waals surface area contributed by atoms with Crippen LogP contribution < -0.4 is 29.6 Å². The Bertz CT molecular complexity index is 662. The Kier molecular flexibility index (Phi) is 36.9. The summed E-state index contributed by atoms with van der Waals surface area (Å²) in [5.74, 6) is -0.820. The summed E-state index contributed by atoms with van der Waals surface area (Å²) in [4.78, 5) is 26.3. The predicted molar refractivity (Wildman–Crippen MR) is 205 cm³/mol. The molecule has 0 aromatic rings. The first-order chi connectivity index (χ1) is 22.7. The molecule has 5 heteroatoms. The number of rotatable bonds is 36. The molecule has 0 aliphatic rings. The quantitative estimate of drug-likeness (QED) is 0.0284. The molecule has 0 amide bonds. The molecule has 0 bridgehead atoms. The van der Waals surface area contributed by atoms with Crippen LogP contribution in [0.4, 0.5) is 0 Å². The van der Waals surface area contributed by atoms with Gasteiger partial charge in [-0.25, -0.2) is 0 Å². The number of ether oxygens (including phenoxy) is 2. The number of unbranched alkanes of at least 4 members (excludes halogenated alkanes) is 24. The van der Waals surface area contributed by atoms with Gasteiger partial charge in [-0.2, -0.15) is 0 Å². The van der Waals surface area contributed by atoms with E-state index in [4.69, 9.17) is 9.47 Å². The molecule has 0 saturated carbocycles. The van der Waals surface area contributed by atoms with E-state index in [2.05, 4.69) is 41.5 Å². The van der Waals surface area contributed by atoms with Crippen LogP contribution in [0, 0.1) is 0 Å². The number of carbonyl (C=O) groups excluding carboxylic acids is 2. The van der Waals surface area contributed by atoms with Crippen LogP contribution >= 0.6 is 0 Å². The molecule has 0 N–H and O–H groups in total. The maximum absolute atomic E-state index is 13.1. The fourth-order valence-corrected chi connectivity index (χ4v) is 7.02. The second-order valence-corrected chi connectivity index (χ2v) is 15.5. The van der Waals surface area contributed by atoms with Crippen molar-refractivity contribution in [2.24, 2.45) is 0 Å². The molecule has 0 aliphatic heterocycles. The van der Waals surface area contributed by atoms with Gasteiger partial charge in [0.2, 0.25) is 0 Å². The Morgan fingerprint density at radius 3 is 0.792 bits per heavy atom. The molecule has 0 heterocycles. The minimum absolute atomic E-state index is 0. The van der Waals surface area contributed by atoms with Gasteiger partial charge in [0.1, 0.15) is 17.6 Å². The standard InChI is InChI=1S/C43H84O4.Na.H/c1-7-11-15-19-21-23-25-27-29-33-37-42(5,35-31-17-13-9-3)46-40(44)39-41(45)47-43(6,36-32-18-14-10-4)38-34-30-28-26-24-22-20-16-12-8-2;;/h7-39H2,1-6H3;;/q;+1;-1. The molecule has 0 aliphatic carbocycles. The van der Waals surface area contributed by atoms with Gasteiger partial charge in [-0.1, -0.05) is 182 Å². The van der Waals surface area contributed by atoms with Gasteiger partial charge in [0.25, 0.3) is 0 Å². The molecule has 0 aromatic heterocycles. The average molecular weight is 689 g/mol. The van der Waals surface area contributed by atoms with Crippen LogP contribution in [0.3, 0.4) is 0 Å². The first-order valence-corrected chi connectivity index (χ1v) is 21.2. The first-order valence-electron chi connectivity index (χ1n) is 21.2. The van der Waals surface area contributed by atoms with Gasteiger partial charge in [0, 0.05) is 0 Å². The summed E-state index contributed by atoms with van der Waals surface area (Å²) in [5.41, 5.74) is -0.991. The molecule has 0 saturated heterocycles. The monoisotopic (exact) mass is 689 g/mol. The average Bonchev–Trinajstić information content (AvgIpc) is 3.03. The van der Waals surface area contributed by atoms with Crippen molar-refractivity contribution >= 4 is 11.9 Å². The Morgan fingerprint density at radius 2 is 0.562 bits per heavy atom. The summed E-state index contributed by atoms with van der Waals surface area (Å²) >= 11 is 0. The van der Waals surface area contributed by atoms with Crippen LogP contribution in [0.5, 0.6) is 0 Å². The van der Waals surface area contributed by atoms with Crippen molar-refractivity contribution in [3.8, 4) is 0 Å². The van der Waals surface area contributed by atoms with Crippen molar-refractivity contribution < 1.29 is 50.0 Å². The molecule has 0 spiro atoms. The zero-order valence-electron chi connectivity index (χ0n) is 35.0. The third-order valence-electron chi connectivity index (χ3n) is 10.2. The normalized spacial score (nSPS) is 13.8. The van der Waals surface area contributed by atoms with E-state index in [-0.39, 0.29) is 37.4 Å². The number of esters is 2. The van der Waals surface area contributed by atoms with E-state index in [1.165, 1.54) is 154 Å². The molecule has 0 aromatic carbocycles. The number of hydrogen-bond acceptors (Lipinski definition) is 4. The zero-order valence-corrected chi connectivity index (χ0v) is 36.0. The van der Waals surface area contributed by atoms with E-state index in [9.17, 15) is 9.59 Å². The SMILES string of the molecule is CCCCCCCCCCCCC(C)(CCCCCC)OC(=O)CC(=O)OC(C)(CCCCCC)CCCCCCCCCCCC.[H-].[Na+]. The summed E-state index contributed by atoms with van der Waals surface area (Å²) in [5, 5.41) is 0. The minimum atomic E-state index is -0.495. The van der Waals surface area contributed by atoms with Gasteiger partial charge in [0.15, 0.2) is 0 Å². The molecule has 0 rings (SSSR count). The van der Waals surface area contributed by atoms with Crippen molar-refractivity contribution in [3.05, 3.63) is 0 Å². The molecular weight excluding hydrogens is 603 g/mol. The van der Waals surface area contributed by atoms with Crippen molar-refractivity contribution in [1.29, 1.82) is 0 Å². The molecule has 282 valence electrons. The molecule has 48 heavy (non-hydrogen) atoms. The summed E-state index contributed by atoms with van der Waals surface area (Å²) < 4.78 is 12.3. The van der Waals surface area contributed by atoms with Gasteiger partial charge in [-0.15, -0.1) is 0 Å². The van der Waals surface area contributed by atoms with Crippen molar-refractivity contribution in [2.75, 3.05) is 0 Å². The van der Waals surface area contributed by atoms with Gasteiger partial charge in [-0.3, -0.25) is 9.59 Å². The van der Waals surface area contributed by atoms with Crippen LogP contribution in [-0.4, -0.2) is 23.1 Å². The van der Waals surface area contributed by atoms with Crippen molar-refractivity contribution in [3.63, 3.8) is 0 Å². The summed E-state index contributed by atoms with van der Waals surface area (Å²) in [6.45, 7) is 13.2. The van der Waals surface area contributed by atoms with Gasteiger partial charge in [0.05, 0.1) is 0 Å². The van der Waals surface area contributed by atoms with E-state index in [1.54, 1.807) is 0 Å². The largest absolute Gasteiger partial charge is 1.00 e. The summed E-state index contributed by atoms with van der Waals surface area (Å²) in [6.07, 6.45) is 38.4. The van der Waals surface area contributed by atoms with E-state index in [1.807, 2.05) is 0 Å². The predicted octanol–water partition coefficient (Wildman–Crippen LogP) is 11.7. The minimum Gasteiger partial charge on any atom is -1.00 e. The smallest absolute Gasteiger partial charge is 1.00 e. The maximum Gasteiger partial charge on any atom is 1.00 e. The van der Waals surface area contributed by atoms with Gasteiger partial charge >= 0.3 is 41.5 Å². The van der Waals surface area contributed by atoms with Gasteiger partial charge in [-0.05, 0) is 65.2 Å². The van der Waals surface area contributed by atoms with Crippen LogP contribution in [0.2, 0.25) is 0 Å². The number of carbonyl (C=O) groups is 2. The Labute approximate surface area is 325 Å². The second-order valence-electron chi connectivity index (χ2n) is 15.5. The Hall–Kier alpha value is -0.0600. The third kappa shape index (κ3) is 31.9. The van der Waals surface area contributed by atoms with E-state index in [0.29, 0.717) is 0 Å². The molecule has 4 nitrogen and oxygen atoms in total. The van der Waals surface area contributed by atoms with Crippen LogP contribution in [0.1, 0.15) is 255 Å². The molecule has 0 fully saturated rings. The maximum atomic E-state index is 13.1. The topological polar surface area (TPSA) is 52.6 Å². The third-order valence-corrected chi connectivity index (χ3v) is 10.2. The molecule has 0 radical (unpaired) electrons. The molecule has 2 atom stereocenters. The van der Waals surface area contributed by atoms with Crippen LogP contribution in [-0.2, 0) is 19.1 Å². The molecule has 2 unspecified atom stereocenters. The van der Waals surface area contributed by atoms with E-state index >= 15 is 0 Å².